The number of anilines is 1. The van der Waals surface area contributed by atoms with Crippen LogP contribution in [-0.4, -0.2) is 31.8 Å². The zero-order valence-electron chi connectivity index (χ0n) is 13.8. The monoisotopic (exact) mass is 388 g/mol. The minimum absolute atomic E-state index is 0.159. The molecule has 1 N–H and O–H groups in total. The highest BCUT2D eigenvalue weighted by molar-refractivity contribution is 7.92. The van der Waals surface area contributed by atoms with E-state index in [0.29, 0.717) is 21.5 Å². The molecule has 0 aliphatic carbocycles. The number of benzene rings is 1. The molecule has 0 aliphatic rings. The Morgan fingerprint density at radius 3 is 2.62 bits per heavy atom. The van der Waals surface area contributed by atoms with Gasteiger partial charge in [-0.25, -0.2) is 13.4 Å². The molecule has 9 heteroatoms. The minimum atomic E-state index is -3.50. The first-order valence-electron chi connectivity index (χ1n) is 7.33. The van der Waals surface area contributed by atoms with Gasteiger partial charge in [0.25, 0.3) is 0 Å². The van der Waals surface area contributed by atoms with E-state index in [1.54, 1.807) is 24.4 Å². The van der Waals surface area contributed by atoms with Gasteiger partial charge in [-0.05, 0) is 23.8 Å². The van der Waals surface area contributed by atoms with E-state index in [4.69, 9.17) is 21.6 Å². The molecule has 3 rings (SSSR count). The predicted octanol–water partition coefficient (Wildman–Crippen LogP) is 3.20. The van der Waals surface area contributed by atoms with Gasteiger partial charge in [-0.2, -0.15) is 5.26 Å². The quantitative estimate of drug-likeness (QED) is 0.735. The van der Waals surface area contributed by atoms with Gasteiger partial charge in [0, 0.05) is 23.3 Å². The number of hydrogen-bond acceptors (Lipinski definition) is 6. The number of halogens is 1. The molecule has 7 nitrogen and oxygen atoms in total. The smallest absolute Gasteiger partial charge is 0.238 e. The highest BCUT2D eigenvalue weighted by atomic mass is 35.5. The number of rotatable bonds is 4. The van der Waals surface area contributed by atoms with Crippen LogP contribution < -0.4 is 9.46 Å². The second-order valence-electron chi connectivity index (χ2n) is 5.48. The molecule has 0 aliphatic heterocycles. The van der Waals surface area contributed by atoms with Crippen molar-refractivity contribution in [3.05, 3.63) is 47.2 Å². The lowest BCUT2D eigenvalue weighted by molar-refractivity contribution is 0.400. The Balaban J connectivity index is 2.16. The molecule has 0 saturated heterocycles. The van der Waals surface area contributed by atoms with Gasteiger partial charge in [0.15, 0.2) is 0 Å². The summed E-state index contributed by atoms with van der Waals surface area (Å²) in [7, 11) is -2.09. The van der Waals surface area contributed by atoms with Crippen molar-refractivity contribution in [2.45, 2.75) is 0 Å². The molecule has 26 heavy (non-hydrogen) atoms. The molecule has 3 aromatic rings. The lowest BCUT2D eigenvalue weighted by Crippen LogP contribution is -2.11. The Hall–Kier alpha value is -2.89. The van der Waals surface area contributed by atoms with E-state index in [1.165, 1.54) is 13.3 Å². The van der Waals surface area contributed by atoms with E-state index in [9.17, 15) is 8.42 Å². The number of nitrogens with zero attached hydrogens (tertiary/aromatic N) is 3. The molecule has 0 saturated carbocycles. The van der Waals surface area contributed by atoms with Crippen LogP contribution in [0.25, 0.3) is 22.0 Å². The number of aromatic nitrogens is 2. The summed E-state index contributed by atoms with van der Waals surface area (Å²) in [6.45, 7) is 0. The first-order chi connectivity index (χ1) is 12.3. The van der Waals surface area contributed by atoms with Crippen molar-refractivity contribution in [1.29, 1.82) is 5.26 Å². The Bertz CT molecular complexity index is 1160. The lowest BCUT2D eigenvalue weighted by atomic mass is 10.0. The predicted molar refractivity (Wildman–Crippen MR) is 99.7 cm³/mol. The summed E-state index contributed by atoms with van der Waals surface area (Å²) in [4.78, 5) is 8.35. The first kappa shape index (κ1) is 17.9. The number of fused-ring (bicyclic) bond motifs is 1. The van der Waals surface area contributed by atoms with Crippen LogP contribution in [0.4, 0.5) is 5.69 Å². The van der Waals surface area contributed by atoms with Gasteiger partial charge in [0.05, 0.1) is 29.5 Å². The molecule has 0 spiro atoms. The highest BCUT2D eigenvalue weighted by Crippen LogP contribution is 2.32. The molecular formula is C17H13ClN4O3S. The maximum Gasteiger partial charge on any atom is 0.238 e. The SMILES string of the molecule is COc1ncc(-c2ccc3ncc(C#N)c(Cl)c3c2)cc1NS(C)(=O)=O. The molecule has 132 valence electrons. The summed E-state index contributed by atoms with van der Waals surface area (Å²) >= 11 is 6.28. The topological polar surface area (TPSA) is 105 Å². The van der Waals surface area contributed by atoms with Crippen molar-refractivity contribution < 1.29 is 13.2 Å². The van der Waals surface area contributed by atoms with E-state index in [0.717, 1.165) is 11.8 Å². The van der Waals surface area contributed by atoms with Crippen LogP contribution in [0.1, 0.15) is 5.56 Å². The van der Waals surface area contributed by atoms with Crippen molar-refractivity contribution in [2.24, 2.45) is 0 Å². The van der Waals surface area contributed by atoms with E-state index in [2.05, 4.69) is 14.7 Å². The fourth-order valence-electron chi connectivity index (χ4n) is 2.46. The van der Waals surface area contributed by atoms with Crippen LogP contribution in [0.5, 0.6) is 5.88 Å². The largest absolute Gasteiger partial charge is 0.480 e. The Labute approximate surface area is 155 Å². The van der Waals surface area contributed by atoms with Crippen LogP contribution in [0, 0.1) is 11.3 Å². The highest BCUT2D eigenvalue weighted by Gasteiger charge is 2.13. The van der Waals surface area contributed by atoms with Crippen molar-refractivity contribution in [3.8, 4) is 23.1 Å². The Morgan fingerprint density at radius 1 is 1.19 bits per heavy atom. The van der Waals surface area contributed by atoms with Crippen LogP contribution in [-0.2, 0) is 10.0 Å². The molecule has 0 fully saturated rings. The van der Waals surface area contributed by atoms with Crippen LogP contribution >= 0.6 is 11.6 Å². The molecule has 0 bridgehead atoms. The second kappa shape index (κ2) is 6.78. The molecule has 0 radical (unpaired) electrons. The molecule has 0 unspecified atom stereocenters. The van der Waals surface area contributed by atoms with Crippen molar-refractivity contribution in [3.63, 3.8) is 0 Å². The average Bonchev–Trinajstić information content (AvgIpc) is 2.60. The standard InChI is InChI=1S/C17H13ClN4O3S/c1-25-17-15(22-26(2,23)24)6-11(8-21-17)10-3-4-14-13(5-10)16(18)12(7-19)9-20-14/h3-6,8-9,22H,1-2H3. The van der Waals surface area contributed by atoms with Gasteiger partial charge in [-0.1, -0.05) is 17.7 Å². The Morgan fingerprint density at radius 2 is 1.96 bits per heavy atom. The number of hydrogen-bond donors (Lipinski definition) is 1. The maximum atomic E-state index is 11.6. The van der Waals surface area contributed by atoms with Gasteiger partial charge >= 0.3 is 0 Å². The van der Waals surface area contributed by atoms with Gasteiger partial charge in [-0.3, -0.25) is 9.71 Å². The van der Waals surface area contributed by atoms with Gasteiger partial charge < -0.3 is 4.74 Å². The fourth-order valence-corrected chi connectivity index (χ4v) is 3.25. The number of ether oxygens (including phenoxy) is 1. The summed E-state index contributed by atoms with van der Waals surface area (Å²) in [5.41, 5.74) is 2.54. The molecule has 0 amide bonds. The number of pyridine rings is 2. The van der Waals surface area contributed by atoms with Crippen molar-refractivity contribution >= 4 is 38.2 Å². The van der Waals surface area contributed by atoms with Crippen LogP contribution in [0.3, 0.4) is 0 Å². The summed E-state index contributed by atoms with van der Waals surface area (Å²) in [5, 5.41) is 10.0. The normalized spacial score (nSPS) is 11.2. The maximum absolute atomic E-state index is 11.6. The lowest BCUT2D eigenvalue weighted by Gasteiger charge is -2.11. The van der Waals surface area contributed by atoms with E-state index >= 15 is 0 Å². The van der Waals surface area contributed by atoms with Gasteiger partial charge in [-0.15, -0.1) is 0 Å². The fraction of sp³-hybridized carbons (Fsp3) is 0.118. The zero-order valence-corrected chi connectivity index (χ0v) is 15.4. The third-order valence-corrected chi connectivity index (χ3v) is 4.59. The molecule has 2 heterocycles. The van der Waals surface area contributed by atoms with Gasteiger partial charge in [0.2, 0.25) is 15.9 Å². The van der Waals surface area contributed by atoms with E-state index in [1.807, 2.05) is 12.1 Å². The summed E-state index contributed by atoms with van der Waals surface area (Å²) < 4.78 is 30.6. The zero-order chi connectivity index (χ0) is 18.9. The number of nitrogens with one attached hydrogen (secondary N) is 1. The molecular weight excluding hydrogens is 376 g/mol. The van der Waals surface area contributed by atoms with Crippen molar-refractivity contribution in [1.82, 2.24) is 9.97 Å². The number of methoxy groups -OCH3 is 1. The molecule has 2 aromatic heterocycles. The average molecular weight is 389 g/mol. The number of nitriles is 1. The Kier molecular flexibility index (Phi) is 4.68. The van der Waals surface area contributed by atoms with Crippen LogP contribution in [0.15, 0.2) is 36.7 Å². The molecule has 0 atom stereocenters. The first-order valence-corrected chi connectivity index (χ1v) is 9.60. The second-order valence-corrected chi connectivity index (χ2v) is 7.61. The molecule has 1 aromatic carbocycles. The van der Waals surface area contributed by atoms with E-state index < -0.39 is 10.0 Å². The summed E-state index contributed by atoms with van der Waals surface area (Å²) in [5.74, 6) is 0.159. The number of sulfonamides is 1. The van der Waals surface area contributed by atoms with E-state index in [-0.39, 0.29) is 17.1 Å². The van der Waals surface area contributed by atoms with Crippen LogP contribution in [0.2, 0.25) is 5.02 Å². The third-order valence-electron chi connectivity index (χ3n) is 3.60. The summed E-state index contributed by atoms with van der Waals surface area (Å²) in [6.07, 6.45) is 4.03. The minimum Gasteiger partial charge on any atom is -0.480 e. The van der Waals surface area contributed by atoms with Gasteiger partial charge in [0.1, 0.15) is 11.8 Å². The third kappa shape index (κ3) is 3.54. The van der Waals surface area contributed by atoms with Crippen molar-refractivity contribution in [2.75, 3.05) is 18.1 Å². The summed E-state index contributed by atoms with van der Waals surface area (Å²) in [6, 6.07) is 8.97.